The lowest BCUT2D eigenvalue weighted by Crippen LogP contribution is -2.49. The molecule has 0 aliphatic heterocycles. The van der Waals surface area contributed by atoms with Crippen molar-refractivity contribution in [3.63, 3.8) is 0 Å². The van der Waals surface area contributed by atoms with Crippen LogP contribution in [-0.2, 0) is 4.79 Å². The summed E-state index contributed by atoms with van der Waals surface area (Å²) in [6.45, 7) is 5.55. The van der Waals surface area contributed by atoms with Crippen LogP contribution in [-0.4, -0.2) is 33.7 Å². The van der Waals surface area contributed by atoms with Crippen molar-refractivity contribution in [1.82, 2.24) is 15.5 Å². The number of thioether (sulfide) groups is 2. The standard InChI is InChI=1S/C11H16N4OS3/c1-7(2)11(3,6-12)13-8(16)5-18-10-15-14-9(17-4)19-10/h7H,5H2,1-4H3,(H,13,16). The Labute approximate surface area is 125 Å². The molecule has 19 heavy (non-hydrogen) atoms. The first-order chi connectivity index (χ1) is 8.91. The van der Waals surface area contributed by atoms with E-state index in [0.717, 1.165) is 8.68 Å². The van der Waals surface area contributed by atoms with Gasteiger partial charge in [-0.15, -0.1) is 10.2 Å². The molecule has 1 N–H and O–H groups in total. The molecule has 0 radical (unpaired) electrons. The van der Waals surface area contributed by atoms with Gasteiger partial charge in [-0.25, -0.2) is 0 Å². The van der Waals surface area contributed by atoms with E-state index in [9.17, 15) is 4.79 Å². The Hall–Kier alpha value is -0.780. The maximum absolute atomic E-state index is 11.8. The van der Waals surface area contributed by atoms with E-state index < -0.39 is 5.54 Å². The molecule has 0 aliphatic rings. The van der Waals surface area contributed by atoms with Crippen LogP contribution in [0.5, 0.6) is 0 Å². The summed E-state index contributed by atoms with van der Waals surface area (Å²) in [7, 11) is 0. The summed E-state index contributed by atoms with van der Waals surface area (Å²) >= 11 is 4.33. The van der Waals surface area contributed by atoms with E-state index in [0.29, 0.717) is 0 Å². The Morgan fingerprint density at radius 1 is 1.53 bits per heavy atom. The van der Waals surface area contributed by atoms with Crippen molar-refractivity contribution >= 4 is 40.8 Å². The summed E-state index contributed by atoms with van der Waals surface area (Å²) in [6, 6.07) is 2.15. The van der Waals surface area contributed by atoms with Gasteiger partial charge in [0.1, 0.15) is 5.54 Å². The number of nitrogens with zero attached hydrogens (tertiary/aromatic N) is 3. The molecule has 1 atom stereocenters. The molecule has 1 aromatic rings. The van der Waals surface area contributed by atoms with Gasteiger partial charge in [0, 0.05) is 0 Å². The van der Waals surface area contributed by atoms with Gasteiger partial charge in [0.2, 0.25) is 5.91 Å². The third kappa shape index (κ3) is 4.67. The van der Waals surface area contributed by atoms with E-state index in [4.69, 9.17) is 5.26 Å². The third-order valence-corrected chi connectivity index (χ3v) is 5.71. The SMILES string of the molecule is CSc1nnc(SCC(=O)NC(C)(C#N)C(C)C)s1. The van der Waals surface area contributed by atoms with Crippen LogP contribution in [0.4, 0.5) is 0 Å². The van der Waals surface area contributed by atoms with Crippen LogP contribution in [0.25, 0.3) is 0 Å². The fourth-order valence-corrected chi connectivity index (χ4v) is 3.33. The molecule has 1 rings (SSSR count). The Morgan fingerprint density at radius 2 is 2.16 bits per heavy atom. The second-order valence-electron chi connectivity index (χ2n) is 4.34. The monoisotopic (exact) mass is 316 g/mol. The minimum atomic E-state index is -0.830. The zero-order valence-electron chi connectivity index (χ0n) is 11.3. The molecule has 5 nitrogen and oxygen atoms in total. The number of carbonyl (C=O) groups excluding carboxylic acids is 1. The third-order valence-electron chi connectivity index (χ3n) is 2.68. The first-order valence-corrected chi connectivity index (χ1v) is 8.66. The zero-order valence-corrected chi connectivity index (χ0v) is 13.7. The molecule has 1 aromatic heterocycles. The molecular weight excluding hydrogens is 300 g/mol. The largest absolute Gasteiger partial charge is 0.337 e. The van der Waals surface area contributed by atoms with E-state index in [1.165, 1.54) is 34.9 Å². The maximum Gasteiger partial charge on any atom is 0.231 e. The zero-order chi connectivity index (χ0) is 14.5. The first kappa shape index (κ1) is 16.3. The average molecular weight is 316 g/mol. The fourth-order valence-electron chi connectivity index (χ4n) is 1.09. The van der Waals surface area contributed by atoms with Crippen LogP contribution in [0, 0.1) is 17.2 Å². The highest BCUT2D eigenvalue weighted by Gasteiger charge is 2.29. The second kappa shape index (κ2) is 7.12. The average Bonchev–Trinajstić information content (AvgIpc) is 2.84. The molecule has 104 valence electrons. The van der Waals surface area contributed by atoms with Crippen molar-refractivity contribution < 1.29 is 4.79 Å². The molecule has 1 unspecified atom stereocenters. The molecule has 8 heteroatoms. The summed E-state index contributed by atoms with van der Waals surface area (Å²) in [5, 5.41) is 19.8. The van der Waals surface area contributed by atoms with Gasteiger partial charge in [-0.1, -0.05) is 48.7 Å². The minimum Gasteiger partial charge on any atom is -0.337 e. The van der Waals surface area contributed by atoms with Gasteiger partial charge in [0.15, 0.2) is 8.68 Å². The van der Waals surface area contributed by atoms with Gasteiger partial charge in [-0.2, -0.15) is 5.26 Å². The number of hydrogen-bond acceptors (Lipinski definition) is 7. The van der Waals surface area contributed by atoms with E-state index in [1.807, 2.05) is 20.1 Å². The Kier molecular flexibility index (Phi) is 6.10. The van der Waals surface area contributed by atoms with E-state index in [1.54, 1.807) is 6.92 Å². The van der Waals surface area contributed by atoms with Crippen LogP contribution in [0.3, 0.4) is 0 Å². The fraction of sp³-hybridized carbons (Fsp3) is 0.636. The van der Waals surface area contributed by atoms with E-state index >= 15 is 0 Å². The molecule has 1 heterocycles. The van der Waals surface area contributed by atoms with Gasteiger partial charge in [0.25, 0.3) is 0 Å². The van der Waals surface area contributed by atoms with Crippen molar-refractivity contribution in [2.24, 2.45) is 5.92 Å². The Balaban J connectivity index is 2.50. The first-order valence-electron chi connectivity index (χ1n) is 5.64. The van der Waals surface area contributed by atoms with Crippen LogP contribution in [0.2, 0.25) is 0 Å². The van der Waals surface area contributed by atoms with Crippen LogP contribution in [0.1, 0.15) is 20.8 Å². The van der Waals surface area contributed by atoms with Gasteiger partial charge in [-0.3, -0.25) is 4.79 Å². The molecule has 1 amide bonds. The minimum absolute atomic E-state index is 0.0519. The molecule has 0 bridgehead atoms. The predicted molar refractivity (Wildman–Crippen MR) is 79.4 cm³/mol. The quantitative estimate of drug-likeness (QED) is 0.812. The van der Waals surface area contributed by atoms with E-state index in [-0.39, 0.29) is 17.6 Å². The molecule has 0 saturated carbocycles. The Morgan fingerprint density at radius 3 is 2.63 bits per heavy atom. The lowest BCUT2D eigenvalue weighted by Gasteiger charge is -2.27. The molecule has 0 spiro atoms. The molecule has 0 fully saturated rings. The number of nitrogens with one attached hydrogen (secondary N) is 1. The van der Waals surface area contributed by atoms with Crippen molar-refractivity contribution in [2.75, 3.05) is 12.0 Å². The predicted octanol–water partition coefficient (Wildman–Crippen LogP) is 2.41. The number of amides is 1. The maximum atomic E-state index is 11.8. The van der Waals surface area contributed by atoms with Gasteiger partial charge in [0.05, 0.1) is 11.8 Å². The molecular formula is C11H16N4OS3. The summed E-state index contributed by atoms with van der Waals surface area (Å²) in [4.78, 5) is 11.8. The normalized spacial score (nSPS) is 13.9. The van der Waals surface area contributed by atoms with Crippen LogP contribution < -0.4 is 5.32 Å². The summed E-state index contributed by atoms with van der Waals surface area (Å²) in [5.74, 6) is 0.132. The summed E-state index contributed by atoms with van der Waals surface area (Å²) < 4.78 is 1.65. The molecule has 0 aromatic carbocycles. The van der Waals surface area contributed by atoms with Crippen molar-refractivity contribution in [1.29, 1.82) is 5.26 Å². The second-order valence-corrected chi connectivity index (χ2v) is 7.60. The van der Waals surface area contributed by atoms with Gasteiger partial charge in [-0.05, 0) is 19.1 Å². The highest BCUT2D eigenvalue weighted by Crippen LogP contribution is 2.27. The molecule has 0 aliphatic carbocycles. The van der Waals surface area contributed by atoms with E-state index in [2.05, 4.69) is 21.6 Å². The number of nitriles is 1. The lowest BCUT2D eigenvalue weighted by atomic mass is 9.90. The van der Waals surface area contributed by atoms with Crippen molar-refractivity contribution in [3.05, 3.63) is 0 Å². The number of hydrogen-bond donors (Lipinski definition) is 1. The van der Waals surface area contributed by atoms with Crippen molar-refractivity contribution in [3.8, 4) is 6.07 Å². The summed E-state index contributed by atoms with van der Waals surface area (Å²) in [6.07, 6.45) is 1.93. The van der Waals surface area contributed by atoms with Crippen molar-refractivity contribution in [2.45, 2.75) is 35.0 Å². The van der Waals surface area contributed by atoms with Crippen LogP contribution in [0.15, 0.2) is 8.68 Å². The lowest BCUT2D eigenvalue weighted by molar-refractivity contribution is -0.120. The smallest absolute Gasteiger partial charge is 0.231 e. The van der Waals surface area contributed by atoms with Gasteiger partial charge >= 0.3 is 0 Å². The number of rotatable bonds is 6. The molecule has 0 saturated heterocycles. The Bertz CT molecular complexity index is 483. The summed E-state index contributed by atoms with van der Waals surface area (Å²) in [5.41, 5.74) is -0.830. The number of aromatic nitrogens is 2. The highest BCUT2D eigenvalue weighted by molar-refractivity contribution is 8.03. The topological polar surface area (TPSA) is 78.7 Å². The van der Waals surface area contributed by atoms with Gasteiger partial charge < -0.3 is 5.32 Å². The highest BCUT2D eigenvalue weighted by atomic mass is 32.2. The van der Waals surface area contributed by atoms with Crippen LogP contribution >= 0.6 is 34.9 Å². The number of carbonyl (C=O) groups is 1.